The van der Waals surface area contributed by atoms with Crippen molar-refractivity contribution in [1.82, 2.24) is 10.6 Å². The van der Waals surface area contributed by atoms with E-state index in [0.29, 0.717) is 12.8 Å². The molecule has 0 spiro atoms. The molecule has 1 amide bonds. The highest BCUT2D eigenvalue weighted by Gasteiger charge is 2.40. The summed E-state index contributed by atoms with van der Waals surface area (Å²) in [5, 5.41) is 6.29. The van der Waals surface area contributed by atoms with Gasteiger partial charge in [0.1, 0.15) is 9.84 Å². The zero-order valence-electron chi connectivity index (χ0n) is 10.9. The van der Waals surface area contributed by atoms with Crippen LogP contribution in [0.5, 0.6) is 0 Å². The third-order valence-electron chi connectivity index (χ3n) is 4.29. The maximum Gasteiger partial charge on any atom is 0.227 e. The molecule has 0 saturated carbocycles. The first-order valence-corrected chi connectivity index (χ1v) is 8.52. The van der Waals surface area contributed by atoms with Gasteiger partial charge >= 0.3 is 0 Å². The third-order valence-corrected chi connectivity index (χ3v) is 6.01. The topological polar surface area (TPSA) is 75.3 Å². The summed E-state index contributed by atoms with van der Waals surface area (Å²) in [6, 6.07) is 0.0325. The molecule has 2 fully saturated rings. The lowest BCUT2D eigenvalue weighted by Gasteiger charge is -2.30. The molecule has 2 N–H and O–H groups in total. The first-order chi connectivity index (χ1) is 8.47. The molecule has 0 aromatic heterocycles. The molecule has 0 radical (unpaired) electrons. The van der Waals surface area contributed by atoms with E-state index in [1.165, 1.54) is 0 Å². The predicted molar refractivity (Wildman–Crippen MR) is 70.0 cm³/mol. The standard InChI is InChI=1S/C12H22N2O3S/c1-2-12(5-6-13-9-12)11(15)14-10-3-7-18(16,17)8-4-10/h10,13H,2-9H2,1H3,(H,14,15). The van der Waals surface area contributed by atoms with Crippen LogP contribution in [0.25, 0.3) is 0 Å². The number of sulfone groups is 1. The van der Waals surface area contributed by atoms with Gasteiger partial charge in [0, 0.05) is 12.6 Å². The van der Waals surface area contributed by atoms with Crippen LogP contribution >= 0.6 is 0 Å². The lowest BCUT2D eigenvalue weighted by Crippen LogP contribution is -2.48. The summed E-state index contributed by atoms with van der Waals surface area (Å²) in [5.41, 5.74) is -0.281. The van der Waals surface area contributed by atoms with Gasteiger partial charge in [-0.3, -0.25) is 4.79 Å². The van der Waals surface area contributed by atoms with Crippen molar-refractivity contribution in [2.45, 2.75) is 38.6 Å². The van der Waals surface area contributed by atoms with Gasteiger partial charge in [0.2, 0.25) is 5.91 Å². The van der Waals surface area contributed by atoms with E-state index in [9.17, 15) is 13.2 Å². The highest BCUT2D eigenvalue weighted by Crippen LogP contribution is 2.30. The molecule has 2 aliphatic heterocycles. The van der Waals surface area contributed by atoms with Crippen molar-refractivity contribution in [2.75, 3.05) is 24.6 Å². The molecule has 1 atom stereocenters. The van der Waals surface area contributed by atoms with Crippen LogP contribution in [0.2, 0.25) is 0 Å². The van der Waals surface area contributed by atoms with Crippen LogP contribution in [0.15, 0.2) is 0 Å². The van der Waals surface area contributed by atoms with E-state index < -0.39 is 9.84 Å². The second-order valence-electron chi connectivity index (χ2n) is 5.46. The first-order valence-electron chi connectivity index (χ1n) is 6.69. The molecular weight excluding hydrogens is 252 g/mol. The van der Waals surface area contributed by atoms with Crippen molar-refractivity contribution in [2.24, 2.45) is 5.41 Å². The molecule has 5 nitrogen and oxygen atoms in total. The number of carbonyl (C=O) groups excluding carboxylic acids is 1. The van der Waals surface area contributed by atoms with Gasteiger partial charge in [-0.1, -0.05) is 6.92 Å². The van der Waals surface area contributed by atoms with Crippen molar-refractivity contribution in [1.29, 1.82) is 0 Å². The van der Waals surface area contributed by atoms with Crippen LogP contribution in [0.4, 0.5) is 0 Å². The summed E-state index contributed by atoms with van der Waals surface area (Å²) in [6.07, 6.45) is 2.82. The van der Waals surface area contributed by atoms with Gasteiger partial charge in [-0.05, 0) is 32.2 Å². The summed E-state index contributed by atoms with van der Waals surface area (Å²) >= 11 is 0. The fourth-order valence-corrected chi connectivity index (χ4v) is 4.26. The highest BCUT2D eigenvalue weighted by molar-refractivity contribution is 7.91. The minimum absolute atomic E-state index is 0.0325. The Kier molecular flexibility index (Phi) is 3.96. The molecule has 1 unspecified atom stereocenters. The number of nitrogens with one attached hydrogen (secondary N) is 2. The first kappa shape index (κ1) is 13.8. The molecule has 2 aliphatic rings. The van der Waals surface area contributed by atoms with Gasteiger partial charge in [0.05, 0.1) is 16.9 Å². The zero-order chi connectivity index (χ0) is 13.2. The van der Waals surface area contributed by atoms with Crippen LogP contribution in [-0.4, -0.2) is 45.0 Å². The molecule has 0 bridgehead atoms. The van der Waals surface area contributed by atoms with Crippen molar-refractivity contribution >= 4 is 15.7 Å². The SMILES string of the molecule is CCC1(C(=O)NC2CCS(=O)(=O)CC2)CCNC1. The quantitative estimate of drug-likeness (QED) is 0.763. The van der Waals surface area contributed by atoms with Gasteiger partial charge in [0.25, 0.3) is 0 Å². The Balaban J connectivity index is 1.92. The van der Waals surface area contributed by atoms with Crippen LogP contribution < -0.4 is 10.6 Å². The molecule has 104 valence electrons. The molecule has 2 heterocycles. The van der Waals surface area contributed by atoms with E-state index in [1.807, 2.05) is 6.92 Å². The second-order valence-corrected chi connectivity index (χ2v) is 7.76. The predicted octanol–water partition coefficient (Wildman–Crippen LogP) is 0.0695. The maximum absolute atomic E-state index is 12.3. The van der Waals surface area contributed by atoms with Gasteiger partial charge in [-0.15, -0.1) is 0 Å². The lowest BCUT2D eigenvalue weighted by atomic mass is 9.83. The Bertz CT molecular complexity index is 399. The molecule has 0 aliphatic carbocycles. The monoisotopic (exact) mass is 274 g/mol. The Morgan fingerprint density at radius 2 is 2.06 bits per heavy atom. The van der Waals surface area contributed by atoms with Crippen LogP contribution in [-0.2, 0) is 14.6 Å². The molecule has 18 heavy (non-hydrogen) atoms. The lowest BCUT2D eigenvalue weighted by molar-refractivity contribution is -0.131. The highest BCUT2D eigenvalue weighted by atomic mass is 32.2. The van der Waals surface area contributed by atoms with Crippen LogP contribution in [0.1, 0.15) is 32.6 Å². The Hall–Kier alpha value is -0.620. The van der Waals surface area contributed by atoms with Crippen molar-refractivity contribution in [3.8, 4) is 0 Å². The minimum Gasteiger partial charge on any atom is -0.353 e. The Morgan fingerprint density at radius 1 is 1.39 bits per heavy atom. The summed E-state index contributed by atoms with van der Waals surface area (Å²) in [4.78, 5) is 12.3. The largest absolute Gasteiger partial charge is 0.353 e. The Morgan fingerprint density at radius 3 is 2.56 bits per heavy atom. The molecular formula is C12H22N2O3S. The van der Waals surface area contributed by atoms with Crippen LogP contribution in [0.3, 0.4) is 0 Å². The van der Waals surface area contributed by atoms with Crippen molar-refractivity contribution in [3.05, 3.63) is 0 Å². The van der Waals surface area contributed by atoms with Gasteiger partial charge in [0.15, 0.2) is 0 Å². The molecule has 6 heteroatoms. The summed E-state index contributed by atoms with van der Waals surface area (Å²) in [6.45, 7) is 3.67. The molecule has 2 rings (SSSR count). The number of carbonyl (C=O) groups is 1. The smallest absolute Gasteiger partial charge is 0.227 e. The van der Waals surface area contributed by atoms with E-state index in [2.05, 4.69) is 10.6 Å². The third kappa shape index (κ3) is 2.85. The normalized spacial score (nSPS) is 32.3. The maximum atomic E-state index is 12.3. The van der Waals surface area contributed by atoms with Crippen molar-refractivity contribution < 1.29 is 13.2 Å². The van der Waals surface area contributed by atoms with E-state index in [4.69, 9.17) is 0 Å². The van der Waals surface area contributed by atoms with Gasteiger partial charge < -0.3 is 10.6 Å². The number of amides is 1. The Labute approximate surface area is 109 Å². The molecule has 0 aromatic carbocycles. The average molecular weight is 274 g/mol. The summed E-state index contributed by atoms with van der Waals surface area (Å²) < 4.78 is 22.7. The minimum atomic E-state index is -2.85. The zero-order valence-corrected chi connectivity index (χ0v) is 11.7. The molecule has 2 saturated heterocycles. The fourth-order valence-electron chi connectivity index (χ4n) is 2.77. The number of hydrogen-bond acceptors (Lipinski definition) is 4. The second kappa shape index (κ2) is 5.17. The molecule has 0 aromatic rings. The van der Waals surface area contributed by atoms with Gasteiger partial charge in [-0.25, -0.2) is 8.42 Å². The average Bonchev–Trinajstić information content (AvgIpc) is 2.82. The summed E-state index contributed by atoms with van der Waals surface area (Å²) in [5.74, 6) is 0.504. The van der Waals surface area contributed by atoms with Crippen molar-refractivity contribution in [3.63, 3.8) is 0 Å². The number of hydrogen-bond donors (Lipinski definition) is 2. The summed E-state index contributed by atoms with van der Waals surface area (Å²) in [7, 11) is -2.85. The van der Waals surface area contributed by atoms with Gasteiger partial charge in [-0.2, -0.15) is 0 Å². The van der Waals surface area contributed by atoms with E-state index in [0.717, 1.165) is 25.9 Å². The number of rotatable bonds is 3. The van der Waals surface area contributed by atoms with Crippen LogP contribution in [0, 0.1) is 5.41 Å². The van der Waals surface area contributed by atoms with E-state index >= 15 is 0 Å². The van der Waals surface area contributed by atoms with E-state index in [-0.39, 0.29) is 28.9 Å². The van der Waals surface area contributed by atoms with E-state index in [1.54, 1.807) is 0 Å². The fraction of sp³-hybridized carbons (Fsp3) is 0.917.